The third-order valence-electron chi connectivity index (χ3n) is 5.07. The van der Waals surface area contributed by atoms with Gasteiger partial charge in [-0.15, -0.1) is 11.8 Å². The lowest BCUT2D eigenvalue weighted by molar-refractivity contribution is -0.115. The van der Waals surface area contributed by atoms with Gasteiger partial charge in [0.1, 0.15) is 5.25 Å². The number of thioether (sulfide) groups is 1. The molecule has 36 heavy (non-hydrogen) atoms. The van der Waals surface area contributed by atoms with Gasteiger partial charge >= 0.3 is 0 Å². The van der Waals surface area contributed by atoms with Crippen molar-refractivity contribution < 1.29 is 9.59 Å². The molecular formula is C27H18Cl4N2O2S. The summed E-state index contributed by atoms with van der Waals surface area (Å²) in [5.74, 6) is -0.635. The van der Waals surface area contributed by atoms with E-state index in [1.807, 2.05) is 36.4 Å². The molecular weight excluding hydrogens is 558 g/mol. The van der Waals surface area contributed by atoms with Gasteiger partial charge in [-0.05, 0) is 54.1 Å². The van der Waals surface area contributed by atoms with Crippen molar-refractivity contribution >= 4 is 81.4 Å². The van der Waals surface area contributed by atoms with Gasteiger partial charge in [-0.1, -0.05) is 88.9 Å². The molecule has 0 aliphatic heterocycles. The van der Waals surface area contributed by atoms with Gasteiger partial charge in [-0.3, -0.25) is 9.59 Å². The first-order chi connectivity index (χ1) is 17.3. The molecule has 0 heterocycles. The van der Waals surface area contributed by atoms with E-state index in [0.717, 1.165) is 10.5 Å². The van der Waals surface area contributed by atoms with E-state index in [2.05, 4.69) is 10.6 Å². The number of hydrogen-bond acceptors (Lipinski definition) is 3. The largest absolute Gasteiger partial charge is 0.323 e. The zero-order chi connectivity index (χ0) is 25.7. The van der Waals surface area contributed by atoms with Crippen LogP contribution in [0.1, 0.15) is 21.2 Å². The molecule has 2 N–H and O–H groups in total. The Kier molecular flexibility index (Phi) is 8.83. The van der Waals surface area contributed by atoms with Crippen molar-refractivity contribution in [1.82, 2.24) is 0 Å². The Bertz CT molecular complexity index is 1420. The molecule has 4 aromatic rings. The molecule has 9 heteroatoms. The fraction of sp³-hybridized carbons (Fsp3) is 0.0370. The van der Waals surface area contributed by atoms with Crippen LogP contribution in [0.4, 0.5) is 11.4 Å². The van der Waals surface area contributed by atoms with Crippen molar-refractivity contribution in [2.75, 3.05) is 10.6 Å². The average molecular weight is 576 g/mol. The molecule has 1 unspecified atom stereocenters. The second kappa shape index (κ2) is 12.0. The van der Waals surface area contributed by atoms with Gasteiger partial charge in [-0.2, -0.15) is 0 Å². The highest BCUT2D eigenvalue weighted by Gasteiger charge is 2.23. The van der Waals surface area contributed by atoms with Gasteiger partial charge in [0.15, 0.2) is 0 Å². The summed E-state index contributed by atoms with van der Waals surface area (Å²) in [4.78, 5) is 26.9. The minimum atomic E-state index is -0.599. The first-order valence-electron chi connectivity index (χ1n) is 10.6. The van der Waals surface area contributed by atoms with Gasteiger partial charge in [-0.25, -0.2) is 0 Å². The van der Waals surface area contributed by atoms with Gasteiger partial charge in [0.2, 0.25) is 5.91 Å². The Hall–Kier alpha value is -2.67. The molecule has 182 valence electrons. The molecule has 0 bridgehead atoms. The van der Waals surface area contributed by atoms with Gasteiger partial charge < -0.3 is 10.6 Å². The summed E-state index contributed by atoms with van der Waals surface area (Å²) in [6.45, 7) is 0. The van der Waals surface area contributed by atoms with Gasteiger partial charge in [0.25, 0.3) is 5.91 Å². The van der Waals surface area contributed by atoms with E-state index in [9.17, 15) is 9.59 Å². The molecule has 4 nitrogen and oxygen atoms in total. The maximum Gasteiger partial charge on any atom is 0.257 e. The standard InChI is InChI=1S/C27H18Cl4N2O2S/c28-17-12-13-20(22(30)14-17)26(34)32-18-8-4-9-19(15-18)36-25(16-6-2-1-3-7-16)27(35)33-23-11-5-10-21(29)24(23)31/h1-15,25H,(H,32,34)(H,33,35). The van der Waals surface area contributed by atoms with Crippen LogP contribution >= 0.6 is 58.2 Å². The van der Waals surface area contributed by atoms with Crippen LogP contribution in [-0.4, -0.2) is 11.8 Å². The molecule has 0 aliphatic carbocycles. The van der Waals surface area contributed by atoms with Crippen molar-refractivity contribution in [2.24, 2.45) is 0 Å². The highest BCUT2D eigenvalue weighted by Crippen LogP contribution is 2.38. The molecule has 0 fully saturated rings. The summed E-state index contributed by atoms with van der Waals surface area (Å²) in [6.07, 6.45) is 0. The minimum absolute atomic E-state index is 0.256. The molecule has 0 radical (unpaired) electrons. The number of halogens is 4. The third kappa shape index (κ3) is 6.55. The number of hydrogen-bond donors (Lipinski definition) is 2. The summed E-state index contributed by atoms with van der Waals surface area (Å²) in [5.41, 5.74) is 2.09. The summed E-state index contributed by atoms with van der Waals surface area (Å²) >= 11 is 25.8. The first kappa shape index (κ1) is 26.4. The number of nitrogens with one attached hydrogen (secondary N) is 2. The smallest absolute Gasteiger partial charge is 0.257 e. The summed E-state index contributed by atoms with van der Waals surface area (Å²) in [7, 11) is 0. The Labute approximate surface area is 232 Å². The molecule has 0 aromatic heterocycles. The maximum atomic E-state index is 13.4. The molecule has 4 rings (SSSR count). The number of rotatable bonds is 7. The second-order valence-electron chi connectivity index (χ2n) is 7.61. The summed E-state index contributed by atoms with van der Waals surface area (Å²) in [5, 5.41) is 6.44. The molecule has 2 amide bonds. The van der Waals surface area contributed by atoms with E-state index in [1.54, 1.807) is 48.5 Å². The number of benzene rings is 4. The van der Waals surface area contributed by atoms with E-state index in [1.165, 1.54) is 17.8 Å². The van der Waals surface area contributed by atoms with Gasteiger partial charge in [0.05, 0.1) is 26.3 Å². The lowest BCUT2D eigenvalue weighted by Gasteiger charge is -2.18. The molecule has 0 saturated heterocycles. The van der Waals surface area contributed by atoms with E-state index in [0.29, 0.717) is 27.0 Å². The van der Waals surface area contributed by atoms with Crippen LogP contribution in [0, 0.1) is 0 Å². The lowest BCUT2D eigenvalue weighted by atomic mass is 10.1. The highest BCUT2D eigenvalue weighted by atomic mass is 35.5. The molecule has 0 aliphatic rings. The fourth-order valence-electron chi connectivity index (χ4n) is 3.35. The van der Waals surface area contributed by atoms with E-state index < -0.39 is 5.25 Å². The van der Waals surface area contributed by atoms with Crippen LogP contribution < -0.4 is 10.6 Å². The van der Waals surface area contributed by atoms with Crippen LogP contribution in [-0.2, 0) is 4.79 Å². The van der Waals surface area contributed by atoms with E-state index >= 15 is 0 Å². The van der Waals surface area contributed by atoms with Crippen molar-refractivity contribution in [3.8, 4) is 0 Å². The topological polar surface area (TPSA) is 58.2 Å². The van der Waals surface area contributed by atoms with Crippen molar-refractivity contribution in [2.45, 2.75) is 10.1 Å². The summed E-state index contributed by atoms with van der Waals surface area (Å²) in [6, 6.07) is 26.3. The van der Waals surface area contributed by atoms with Crippen LogP contribution in [0.15, 0.2) is 95.9 Å². The summed E-state index contributed by atoms with van der Waals surface area (Å²) < 4.78 is 0. The Morgan fingerprint density at radius 1 is 0.722 bits per heavy atom. The van der Waals surface area contributed by atoms with Crippen molar-refractivity contribution in [3.63, 3.8) is 0 Å². The normalized spacial score (nSPS) is 11.6. The quantitative estimate of drug-likeness (QED) is 0.216. The number of amides is 2. The van der Waals surface area contributed by atoms with Crippen LogP contribution in [0.2, 0.25) is 20.1 Å². The van der Waals surface area contributed by atoms with Crippen molar-refractivity contribution in [1.29, 1.82) is 0 Å². The lowest BCUT2D eigenvalue weighted by Crippen LogP contribution is -2.19. The number of anilines is 2. The molecule has 0 saturated carbocycles. The number of carbonyl (C=O) groups is 2. The minimum Gasteiger partial charge on any atom is -0.323 e. The zero-order valence-corrected chi connectivity index (χ0v) is 22.3. The van der Waals surface area contributed by atoms with Crippen LogP contribution in [0.3, 0.4) is 0 Å². The monoisotopic (exact) mass is 574 g/mol. The third-order valence-corrected chi connectivity index (χ3v) is 7.69. The second-order valence-corrected chi connectivity index (χ2v) is 10.4. The Morgan fingerprint density at radius 3 is 2.22 bits per heavy atom. The first-order valence-corrected chi connectivity index (χ1v) is 13.0. The molecule has 0 spiro atoms. The van der Waals surface area contributed by atoms with E-state index in [4.69, 9.17) is 46.4 Å². The van der Waals surface area contributed by atoms with E-state index in [-0.39, 0.29) is 21.9 Å². The van der Waals surface area contributed by atoms with Crippen molar-refractivity contribution in [3.05, 3.63) is 122 Å². The predicted molar refractivity (Wildman–Crippen MR) is 151 cm³/mol. The molecule has 4 aromatic carbocycles. The Balaban J connectivity index is 1.56. The van der Waals surface area contributed by atoms with Gasteiger partial charge in [0, 0.05) is 15.6 Å². The maximum absolute atomic E-state index is 13.4. The fourth-order valence-corrected chi connectivity index (χ4v) is 5.28. The zero-order valence-electron chi connectivity index (χ0n) is 18.5. The average Bonchev–Trinajstić information content (AvgIpc) is 2.86. The number of carbonyl (C=O) groups excluding carboxylic acids is 2. The highest BCUT2D eigenvalue weighted by molar-refractivity contribution is 8.00. The van der Waals surface area contributed by atoms with Crippen LogP contribution in [0.25, 0.3) is 0 Å². The SMILES string of the molecule is O=C(Nc1cccc(SC(C(=O)Nc2cccc(Cl)c2Cl)c2ccccc2)c1)c1ccc(Cl)cc1Cl. The predicted octanol–water partition coefficient (Wildman–Crippen LogP) is 9.02. The molecule has 1 atom stereocenters. The Morgan fingerprint density at radius 2 is 1.47 bits per heavy atom. The van der Waals surface area contributed by atoms with Crippen LogP contribution in [0.5, 0.6) is 0 Å².